The third-order valence-corrected chi connectivity index (χ3v) is 13.2. The Balaban J connectivity index is 4.26. The number of carbonyl (C=O) groups excluding carboxylic acids is 3. The summed E-state index contributed by atoms with van der Waals surface area (Å²) in [5.41, 5.74) is 0. The normalized spacial score (nSPS) is 12.0. The number of hydrogen-bond acceptors (Lipinski definition) is 6. The highest BCUT2D eigenvalue weighted by Crippen LogP contribution is 2.18. The average molecular weight is 906 g/mol. The monoisotopic (exact) mass is 905 g/mol. The van der Waals surface area contributed by atoms with Crippen molar-refractivity contribution in [3.8, 4) is 0 Å². The number of unbranched alkanes of at least 4 members (excludes halogenated alkanes) is 37. The fourth-order valence-electron chi connectivity index (χ4n) is 8.87. The molecule has 0 aromatic heterocycles. The molecule has 0 aliphatic heterocycles. The van der Waals surface area contributed by atoms with E-state index >= 15 is 0 Å². The van der Waals surface area contributed by atoms with E-state index < -0.39 is 6.10 Å². The average Bonchev–Trinajstić information content (AvgIpc) is 3.27. The van der Waals surface area contributed by atoms with Crippen LogP contribution in [0.25, 0.3) is 0 Å². The van der Waals surface area contributed by atoms with Crippen molar-refractivity contribution >= 4 is 17.9 Å². The fourth-order valence-corrected chi connectivity index (χ4v) is 8.87. The first kappa shape index (κ1) is 62.4. The summed E-state index contributed by atoms with van der Waals surface area (Å²) in [5, 5.41) is 0. The Morgan fingerprint density at radius 1 is 0.297 bits per heavy atom. The lowest BCUT2D eigenvalue weighted by Crippen LogP contribution is -2.30. The molecule has 0 unspecified atom stereocenters. The van der Waals surface area contributed by atoms with Crippen LogP contribution in [-0.4, -0.2) is 37.2 Å². The van der Waals surface area contributed by atoms with Crippen molar-refractivity contribution in [1.29, 1.82) is 0 Å². The van der Waals surface area contributed by atoms with Crippen LogP contribution >= 0.6 is 0 Å². The van der Waals surface area contributed by atoms with E-state index in [-0.39, 0.29) is 31.1 Å². The molecule has 0 saturated carbocycles. The maximum absolute atomic E-state index is 12.8. The molecule has 0 aromatic carbocycles. The van der Waals surface area contributed by atoms with Gasteiger partial charge in [-0.25, -0.2) is 0 Å². The highest BCUT2D eigenvalue weighted by molar-refractivity contribution is 5.71. The van der Waals surface area contributed by atoms with Gasteiger partial charge in [0, 0.05) is 19.3 Å². The molecule has 0 spiro atoms. The van der Waals surface area contributed by atoms with E-state index in [0.29, 0.717) is 19.3 Å². The molecule has 64 heavy (non-hydrogen) atoms. The Labute approximate surface area is 399 Å². The molecule has 0 radical (unpaired) electrons. The van der Waals surface area contributed by atoms with Gasteiger partial charge in [-0.1, -0.05) is 285 Å². The van der Waals surface area contributed by atoms with Crippen molar-refractivity contribution in [2.75, 3.05) is 13.2 Å². The molecule has 1 atom stereocenters. The zero-order valence-electron chi connectivity index (χ0n) is 43.9. The van der Waals surface area contributed by atoms with E-state index in [1.165, 1.54) is 212 Å². The number of rotatable bonds is 52. The molecule has 0 N–H and O–H groups in total. The van der Waals surface area contributed by atoms with Crippen LogP contribution in [0.5, 0.6) is 0 Å². The van der Waals surface area contributed by atoms with Crippen LogP contribution in [0.15, 0.2) is 0 Å². The lowest BCUT2D eigenvalue weighted by molar-refractivity contribution is -0.167. The molecule has 0 fully saturated rings. The van der Waals surface area contributed by atoms with Crippen molar-refractivity contribution in [2.24, 2.45) is 11.8 Å². The maximum atomic E-state index is 12.8. The molecule has 0 amide bonds. The van der Waals surface area contributed by atoms with Gasteiger partial charge in [0.05, 0.1) is 0 Å². The minimum absolute atomic E-state index is 0.0626. The lowest BCUT2D eigenvalue weighted by atomic mass is 10.0. The molecular weight excluding hydrogens is 793 g/mol. The van der Waals surface area contributed by atoms with E-state index in [2.05, 4.69) is 34.6 Å². The van der Waals surface area contributed by atoms with E-state index in [0.717, 1.165) is 69.6 Å². The number of carbonyl (C=O) groups is 3. The van der Waals surface area contributed by atoms with E-state index in [1.54, 1.807) is 0 Å². The minimum Gasteiger partial charge on any atom is -0.462 e. The van der Waals surface area contributed by atoms with Gasteiger partial charge in [0.1, 0.15) is 13.2 Å². The first-order valence-corrected chi connectivity index (χ1v) is 28.7. The summed E-state index contributed by atoms with van der Waals surface area (Å²) in [4.78, 5) is 38.1. The molecule has 0 aliphatic carbocycles. The Hall–Kier alpha value is -1.59. The second kappa shape index (κ2) is 50.8. The predicted molar refractivity (Wildman–Crippen MR) is 275 cm³/mol. The van der Waals surface area contributed by atoms with Crippen LogP contribution in [0.1, 0.15) is 324 Å². The molecule has 0 rings (SSSR count). The first-order chi connectivity index (χ1) is 31.2. The third kappa shape index (κ3) is 51.4. The van der Waals surface area contributed by atoms with Gasteiger partial charge in [0.25, 0.3) is 0 Å². The van der Waals surface area contributed by atoms with Crippen molar-refractivity contribution in [2.45, 2.75) is 330 Å². The Kier molecular flexibility index (Phi) is 49.6. The molecule has 0 heterocycles. The summed E-state index contributed by atoms with van der Waals surface area (Å²) in [7, 11) is 0. The van der Waals surface area contributed by atoms with Gasteiger partial charge in [0.2, 0.25) is 0 Å². The summed E-state index contributed by atoms with van der Waals surface area (Å²) < 4.78 is 16.9. The number of esters is 3. The SMILES string of the molecule is CCCCCCCCCCCCCC(=O)OC[C@H](COC(=O)CCCCCCCCCCCCCCCCCC(C)C)OC(=O)CCCCCCCCCCCCCCCCC(C)C. The second-order valence-corrected chi connectivity index (χ2v) is 20.9. The Morgan fingerprint density at radius 3 is 0.766 bits per heavy atom. The minimum atomic E-state index is -0.762. The molecule has 6 nitrogen and oxygen atoms in total. The van der Waals surface area contributed by atoms with Crippen molar-refractivity contribution in [1.82, 2.24) is 0 Å². The van der Waals surface area contributed by atoms with Crippen molar-refractivity contribution < 1.29 is 28.6 Å². The quantitative estimate of drug-likeness (QED) is 0.0344. The Morgan fingerprint density at radius 2 is 0.516 bits per heavy atom. The molecule has 380 valence electrons. The third-order valence-electron chi connectivity index (χ3n) is 13.2. The first-order valence-electron chi connectivity index (χ1n) is 28.7. The maximum Gasteiger partial charge on any atom is 0.306 e. The van der Waals surface area contributed by atoms with Gasteiger partial charge in [-0.15, -0.1) is 0 Å². The highest BCUT2D eigenvalue weighted by Gasteiger charge is 2.19. The van der Waals surface area contributed by atoms with Gasteiger partial charge in [0.15, 0.2) is 6.10 Å². The van der Waals surface area contributed by atoms with Crippen molar-refractivity contribution in [3.05, 3.63) is 0 Å². The zero-order valence-corrected chi connectivity index (χ0v) is 43.9. The highest BCUT2D eigenvalue weighted by atomic mass is 16.6. The summed E-state index contributed by atoms with van der Waals surface area (Å²) in [6, 6.07) is 0. The molecule has 0 saturated heterocycles. The van der Waals surface area contributed by atoms with E-state index in [1.807, 2.05) is 0 Å². The topological polar surface area (TPSA) is 78.9 Å². The smallest absolute Gasteiger partial charge is 0.306 e. The van der Waals surface area contributed by atoms with Crippen LogP contribution in [0.3, 0.4) is 0 Å². The molecule has 6 heteroatoms. The largest absolute Gasteiger partial charge is 0.462 e. The van der Waals surface area contributed by atoms with Gasteiger partial charge in [-0.3, -0.25) is 14.4 Å². The van der Waals surface area contributed by atoms with Gasteiger partial charge in [-0.05, 0) is 31.1 Å². The second-order valence-electron chi connectivity index (χ2n) is 20.9. The summed E-state index contributed by atoms with van der Waals surface area (Å²) in [6.07, 6.45) is 53.8. The summed E-state index contributed by atoms with van der Waals surface area (Å²) in [5.74, 6) is 0.853. The van der Waals surface area contributed by atoms with Gasteiger partial charge >= 0.3 is 17.9 Å². The zero-order chi connectivity index (χ0) is 46.8. The van der Waals surface area contributed by atoms with Crippen molar-refractivity contribution in [3.63, 3.8) is 0 Å². The molecular formula is C58H112O6. The fraction of sp³-hybridized carbons (Fsp3) is 0.948. The van der Waals surface area contributed by atoms with Crippen LogP contribution in [0.2, 0.25) is 0 Å². The van der Waals surface area contributed by atoms with Gasteiger partial charge < -0.3 is 14.2 Å². The van der Waals surface area contributed by atoms with E-state index in [4.69, 9.17) is 14.2 Å². The standard InChI is InChI=1S/C58H112O6/c1-6-7-8-9-10-11-21-28-33-38-43-48-56(59)62-51-55(64-58(61)50-45-40-35-30-25-20-16-15-18-23-27-32-37-42-47-54(4)5)52-63-57(60)49-44-39-34-29-24-19-14-12-13-17-22-26-31-36-41-46-53(2)3/h53-55H,6-52H2,1-5H3/t55-/m1/s1. The van der Waals surface area contributed by atoms with Crippen LogP contribution in [-0.2, 0) is 28.6 Å². The summed E-state index contributed by atoms with van der Waals surface area (Å²) in [6.45, 7) is 11.4. The lowest BCUT2D eigenvalue weighted by Gasteiger charge is -2.18. The predicted octanol–water partition coefficient (Wildman–Crippen LogP) is 18.9. The number of ether oxygens (including phenoxy) is 3. The molecule has 0 aromatic rings. The van der Waals surface area contributed by atoms with Crippen LogP contribution in [0.4, 0.5) is 0 Å². The Bertz CT molecular complexity index is 978. The van der Waals surface area contributed by atoms with Crippen LogP contribution in [0, 0.1) is 11.8 Å². The summed E-state index contributed by atoms with van der Waals surface area (Å²) >= 11 is 0. The van der Waals surface area contributed by atoms with E-state index in [9.17, 15) is 14.4 Å². The molecule has 0 aliphatic rings. The molecule has 0 bridgehead atoms. The van der Waals surface area contributed by atoms with Crippen LogP contribution < -0.4 is 0 Å². The van der Waals surface area contributed by atoms with Gasteiger partial charge in [-0.2, -0.15) is 0 Å². The number of hydrogen-bond donors (Lipinski definition) is 0.